The fourth-order valence-electron chi connectivity index (χ4n) is 2.32. The Hall–Kier alpha value is -2.38. The molecule has 2 aromatic carbocycles. The zero-order valence-electron chi connectivity index (χ0n) is 11.5. The summed E-state index contributed by atoms with van der Waals surface area (Å²) in [7, 11) is 0. The lowest BCUT2D eigenvalue weighted by Gasteiger charge is -2.13. The zero-order valence-corrected chi connectivity index (χ0v) is 13.1. The molecule has 8 heteroatoms. The fraction of sp³-hybridized carbons (Fsp3) is 0.0667. The maximum atomic E-state index is 12.6. The third-order valence-corrected chi connectivity index (χ3v) is 4.64. The van der Waals surface area contributed by atoms with Gasteiger partial charge in [0.25, 0.3) is 16.8 Å². The van der Waals surface area contributed by atoms with Gasteiger partial charge in [-0.3, -0.25) is 19.7 Å². The third kappa shape index (κ3) is 2.80. The van der Waals surface area contributed by atoms with Crippen molar-refractivity contribution < 1.29 is 14.5 Å². The van der Waals surface area contributed by atoms with Crippen molar-refractivity contribution in [1.29, 1.82) is 0 Å². The van der Waals surface area contributed by atoms with Gasteiger partial charge in [-0.1, -0.05) is 29.8 Å². The first-order valence-electron chi connectivity index (χ1n) is 6.52. The van der Waals surface area contributed by atoms with Crippen LogP contribution in [0.25, 0.3) is 0 Å². The number of nitro benzene ring substituents is 1. The SMILES string of the molecule is O=C1SC(c2cc(Cl)ccc2[N+](=O)[O-])C(=O)N1c1ccccc1. The molecule has 23 heavy (non-hydrogen) atoms. The Bertz CT molecular complexity index is 812. The Morgan fingerprint density at radius 2 is 1.83 bits per heavy atom. The molecule has 116 valence electrons. The van der Waals surface area contributed by atoms with Crippen LogP contribution in [0, 0.1) is 10.1 Å². The molecule has 2 aromatic rings. The van der Waals surface area contributed by atoms with Crippen LogP contribution in [0.1, 0.15) is 10.8 Å². The highest BCUT2D eigenvalue weighted by Gasteiger charge is 2.44. The molecular weight excluding hydrogens is 340 g/mol. The quantitative estimate of drug-likeness (QED) is 0.613. The molecule has 1 saturated heterocycles. The smallest absolute Gasteiger partial charge is 0.272 e. The minimum atomic E-state index is -0.984. The molecule has 0 N–H and O–H groups in total. The van der Waals surface area contributed by atoms with E-state index in [9.17, 15) is 19.7 Å². The van der Waals surface area contributed by atoms with Crippen LogP contribution in [0.4, 0.5) is 16.2 Å². The van der Waals surface area contributed by atoms with Gasteiger partial charge in [0.1, 0.15) is 5.25 Å². The fourth-order valence-corrected chi connectivity index (χ4v) is 3.52. The molecule has 1 unspecified atom stereocenters. The van der Waals surface area contributed by atoms with Crippen LogP contribution < -0.4 is 4.90 Å². The van der Waals surface area contributed by atoms with Gasteiger partial charge in [0, 0.05) is 11.1 Å². The summed E-state index contributed by atoms with van der Waals surface area (Å²) in [5, 5.41) is 9.98. The lowest BCUT2D eigenvalue weighted by molar-refractivity contribution is -0.385. The highest BCUT2D eigenvalue weighted by Crippen LogP contribution is 2.44. The molecule has 1 aliphatic heterocycles. The van der Waals surface area contributed by atoms with Crippen molar-refractivity contribution in [2.75, 3.05) is 4.90 Å². The lowest BCUT2D eigenvalue weighted by atomic mass is 10.1. The molecule has 6 nitrogen and oxygen atoms in total. The minimum absolute atomic E-state index is 0.129. The molecule has 0 radical (unpaired) electrons. The largest absolute Gasteiger partial charge is 0.294 e. The maximum Gasteiger partial charge on any atom is 0.294 e. The first-order chi connectivity index (χ1) is 11.0. The summed E-state index contributed by atoms with van der Waals surface area (Å²) in [5.41, 5.74) is 0.328. The molecule has 3 rings (SSSR count). The normalized spacial score (nSPS) is 17.6. The standard InChI is InChI=1S/C15H9ClN2O4S/c16-9-6-7-12(18(21)22)11(8-9)13-14(19)17(15(20)23-13)10-4-2-1-3-5-10/h1-8,13H. The van der Waals surface area contributed by atoms with E-state index in [1.165, 1.54) is 18.2 Å². The van der Waals surface area contributed by atoms with E-state index >= 15 is 0 Å². The molecule has 1 fully saturated rings. The lowest BCUT2D eigenvalue weighted by Crippen LogP contribution is -2.29. The molecule has 1 atom stereocenters. The Labute approximate surface area is 140 Å². The first kappa shape index (κ1) is 15.5. The van der Waals surface area contributed by atoms with Crippen molar-refractivity contribution in [2.45, 2.75) is 5.25 Å². The van der Waals surface area contributed by atoms with Crippen LogP contribution in [0.15, 0.2) is 48.5 Å². The van der Waals surface area contributed by atoms with Crippen LogP contribution in [0.5, 0.6) is 0 Å². The molecule has 1 heterocycles. The third-order valence-electron chi connectivity index (χ3n) is 3.33. The summed E-state index contributed by atoms with van der Waals surface area (Å²) in [6.45, 7) is 0. The van der Waals surface area contributed by atoms with E-state index in [4.69, 9.17) is 11.6 Å². The molecule has 0 saturated carbocycles. The number of nitrogens with zero attached hydrogens (tertiary/aromatic N) is 2. The summed E-state index contributed by atoms with van der Waals surface area (Å²) in [6, 6.07) is 12.4. The second-order valence-corrected chi connectivity index (χ2v) is 6.23. The van der Waals surface area contributed by atoms with Gasteiger partial charge in [0.2, 0.25) is 0 Å². The number of carbonyl (C=O) groups excluding carboxylic acids is 2. The van der Waals surface area contributed by atoms with Gasteiger partial charge in [-0.05, 0) is 36.0 Å². The van der Waals surface area contributed by atoms with Crippen LogP contribution in [-0.4, -0.2) is 16.1 Å². The van der Waals surface area contributed by atoms with Crippen molar-refractivity contribution >= 4 is 45.9 Å². The Kier molecular flexibility index (Phi) is 4.06. The Balaban J connectivity index is 2.04. The molecule has 1 aliphatic rings. The summed E-state index contributed by atoms with van der Waals surface area (Å²) in [5.74, 6) is -0.517. The predicted octanol–water partition coefficient (Wildman–Crippen LogP) is 4.19. The number of carbonyl (C=O) groups is 2. The van der Waals surface area contributed by atoms with Crippen molar-refractivity contribution in [3.63, 3.8) is 0 Å². The zero-order chi connectivity index (χ0) is 16.6. The van der Waals surface area contributed by atoms with E-state index in [0.29, 0.717) is 5.69 Å². The van der Waals surface area contributed by atoms with Crippen molar-refractivity contribution in [1.82, 2.24) is 0 Å². The van der Waals surface area contributed by atoms with E-state index in [2.05, 4.69) is 0 Å². The molecule has 2 amide bonds. The van der Waals surface area contributed by atoms with Crippen LogP contribution >= 0.6 is 23.4 Å². The van der Waals surface area contributed by atoms with E-state index in [1.807, 2.05) is 0 Å². The number of para-hydroxylation sites is 1. The molecule has 0 bridgehead atoms. The van der Waals surface area contributed by atoms with E-state index in [0.717, 1.165) is 16.7 Å². The van der Waals surface area contributed by atoms with Crippen LogP contribution in [0.3, 0.4) is 0 Å². The van der Waals surface area contributed by atoms with E-state index < -0.39 is 21.3 Å². The highest BCUT2D eigenvalue weighted by molar-refractivity contribution is 8.15. The average Bonchev–Trinajstić information content (AvgIpc) is 2.82. The van der Waals surface area contributed by atoms with Crippen LogP contribution in [0.2, 0.25) is 5.02 Å². The Morgan fingerprint density at radius 1 is 1.13 bits per heavy atom. The topological polar surface area (TPSA) is 80.5 Å². The Morgan fingerprint density at radius 3 is 2.48 bits per heavy atom. The number of amides is 2. The van der Waals surface area contributed by atoms with Crippen LogP contribution in [-0.2, 0) is 4.79 Å². The van der Waals surface area contributed by atoms with Gasteiger partial charge in [0.15, 0.2) is 0 Å². The summed E-state index contributed by atoms with van der Waals surface area (Å²) < 4.78 is 0. The van der Waals surface area contributed by atoms with E-state index in [1.54, 1.807) is 30.3 Å². The van der Waals surface area contributed by atoms with Gasteiger partial charge >= 0.3 is 0 Å². The monoisotopic (exact) mass is 348 g/mol. The van der Waals surface area contributed by atoms with E-state index in [-0.39, 0.29) is 16.3 Å². The number of hydrogen-bond donors (Lipinski definition) is 0. The second-order valence-electron chi connectivity index (χ2n) is 4.73. The molecule has 0 aromatic heterocycles. The number of imide groups is 1. The second kappa shape index (κ2) is 6.02. The number of halogens is 1. The number of hydrogen-bond acceptors (Lipinski definition) is 5. The van der Waals surface area contributed by atoms with Crippen molar-refractivity contribution in [3.8, 4) is 0 Å². The maximum absolute atomic E-state index is 12.6. The summed E-state index contributed by atoms with van der Waals surface area (Å²) in [4.78, 5) is 36.4. The summed E-state index contributed by atoms with van der Waals surface area (Å²) in [6.07, 6.45) is 0. The van der Waals surface area contributed by atoms with Crippen molar-refractivity contribution in [2.24, 2.45) is 0 Å². The van der Waals surface area contributed by atoms with Crippen molar-refractivity contribution in [3.05, 3.63) is 69.2 Å². The summed E-state index contributed by atoms with van der Waals surface area (Å²) >= 11 is 6.64. The first-order valence-corrected chi connectivity index (χ1v) is 7.78. The van der Waals surface area contributed by atoms with Gasteiger partial charge in [0.05, 0.1) is 16.2 Å². The number of anilines is 1. The number of rotatable bonds is 3. The van der Waals surface area contributed by atoms with Gasteiger partial charge in [-0.15, -0.1) is 0 Å². The highest BCUT2D eigenvalue weighted by atomic mass is 35.5. The molecular formula is C15H9ClN2O4S. The van der Waals surface area contributed by atoms with Gasteiger partial charge in [-0.2, -0.15) is 0 Å². The number of thioether (sulfide) groups is 1. The average molecular weight is 349 g/mol. The minimum Gasteiger partial charge on any atom is -0.272 e. The predicted molar refractivity (Wildman–Crippen MR) is 87.8 cm³/mol. The number of benzene rings is 2. The molecule has 0 spiro atoms. The molecule has 0 aliphatic carbocycles. The van der Waals surface area contributed by atoms with Gasteiger partial charge in [-0.25, -0.2) is 4.90 Å². The number of nitro groups is 1. The van der Waals surface area contributed by atoms with Gasteiger partial charge < -0.3 is 0 Å².